The molecule has 10 aromatic heterocycles. The molecule has 468 valence electrons. The van der Waals surface area contributed by atoms with Gasteiger partial charge in [0.2, 0.25) is 0 Å². The van der Waals surface area contributed by atoms with Crippen molar-refractivity contribution in [1.82, 2.24) is 59.6 Å². The summed E-state index contributed by atoms with van der Waals surface area (Å²) in [6.45, 7) is 2.91. The summed E-state index contributed by atoms with van der Waals surface area (Å²) < 4.78 is 27.0. The molecule has 6 N–H and O–H groups in total. The van der Waals surface area contributed by atoms with Crippen molar-refractivity contribution in [3.05, 3.63) is 159 Å². The number of carbonyl (C=O) groups is 7. The number of piperazine rings is 1. The van der Waals surface area contributed by atoms with Crippen LogP contribution in [0.4, 0.5) is 0 Å². The highest BCUT2D eigenvalue weighted by Crippen LogP contribution is 2.34. The summed E-state index contributed by atoms with van der Waals surface area (Å²) in [6, 6.07) is 20.5. The molecule has 0 unspecified atom stereocenters. The molecule has 1 aliphatic heterocycles. The lowest BCUT2D eigenvalue weighted by atomic mass is 10.1. The largest absolute Gasteiger partial charge is 0.494 e. The Bertz CT molecular complexity index is 4850. The van der Waals surface area contributed by atoms with Crippen molar-refractivity contribution < 1.29 is 62.4 Å². The van der Waals surface area contributed by atoms with Gasteiger partial charge in [0, 0.05) is 79.7 Å². The van der Waals surface area contributed by atoms with E-state index in [4.69, 9.17) is 39.8 Å². The molecule has 2 amide bonds. The highest BCUT2D eigenvalue weighted by Gasteiger charge is 2.32. The number of hydrogen-bond donors (Lipinski definition) is 6. The van der Waals surface area contributed by atoms with E-state index in [1.807, 2.05) is 48.7 Å². The lowest BCUT2D eigenvalue weighted by Crippen LogP contribution is -2.52. The monoisotopic (exact) mass is 1380 g/mol. The number of Topliss-reactive ketones (excluding diaryl/α,β-unsaturated/α-hetero) is 3. The van der Waals surface area contributed by atoms with Crippen LogP contribution in [0.15, 0.2) is 114 Å². The number of rotatable bonds is 12. The average Bonchev–Trinajstić information content (AvgIpc) is 1.72. The predicted octanol–water partition coefficient (Wildman–Crippen LogP) is 8.04. The SMILES string of the molecule is Brc1ncc(Br)c2[nH]ccc12.CCOC(=O)C(=O)c1c[nH]c2c(C#N)ncc(OC)c12.COc1cnc(C#N)c2[nH]cc(C(=O)C(=O)N3CCN(C(=O)c4ccccc4)CC3)c12.COc1cnc(C#N)c2[nH]cc(C(=O)C(=O)O)c12.COc1cnc(C#N)c2[nH]ccc12. The van der Waals surface area contributed by atoms with Gasteiger partial charge < -0.3 is 63.5 Å². The minimum Gasteiger partial charge on any atom is -0.494 e. The van der Waals surface area contributed by atoms with Crippen molar-refractivity contribution in [2.75, 3.05) is 61.2 Å². The van der Waals surface area contributed by atoms with Gasteiger partial charge in [0.1, 0.15) is 51.9 Å². The number of carboxylic acids is 1. The van der Waals surface area contributed by atoms with Crippen LogP contribution in [-0.2, 0) is 19.1 Å². The Morgan fingerprint density at radius 2 is 0.935 bits per heavy atom. The smallest absolute Gasteiger partial charge is 0.379 e. The number of H-pyrrole nitrogens is 5. The topological polar surface area (TPSA) is 431 Å². The average molecular weight is 1380 g/mol. The summed E-state index contributed by atoms with van der Waals surface area (Å²) in [5, 5.41) is 47.5. The van der Waals surface area contributed by atoms with Gasteiger partial charge in [-0.15, -0.1) is 0 Å². The zero-order chi connectivity index (χ0) is 67.0. The molecule has 1 aromatic carbocycles. The maximum Gasteiger partial charge on any atom is 0.379 e. The van der Waals surface area contributed by atoms with Crippen LogP contribution in [0.5, 0.6) is 23.0 Å². The zero-order valence-electron chi connectivity index (χ0n) is 49.4. The third-order valence-electron chi connectivity index (χ3n) is 13.8. The van der Waals surface area contributed by atoms with Crippen molar-refractivity contribution in [2.45, 2.75) is 6.92 Å². The summed E-state index contributed by atoms with van der Waals surface area (Å²) in [5.74, 6) is -4.37. The fourth-order valence-electron chi connectivity index (χ4n) is 9.43. The standard InChI is InChI=1S/C22H19N5O4.C13H11N3O4.C11H7N3O4.C9H7N3O.C7H4Br2N2/c1-31-17-13-24-16(11-23)19-18(17)15(12-25-19)20(28)22(30)27-9-7-26(8-10-27)21(29)14-5-3-2-4-6-14;1-3-20-13(18)12(17)7-5-16-11-8(4-14)15-6-9(19-2)10(7)11;1-18-7-4-13-6(2-12)9-8(7)5(3-14-9)10(15)11(16)17;1-13-8-5-12-7(4-10)9-6(8)2-3-11-9;8-5-3-11-7(9)4-1-2-10-6(4)5/h2-6,12-13,25H,7-10H2,1H3;5-6,16H,3H2,1-2H3;3-4,14H,1H3,(H,16,17);2-3,5,11H,1H3;1-3,10H. The molecule has 29 nitrogen and oxygen atoms in total. The van der Waals surface area contributed by atoms with E-state index in [1.54, 1.807) is 61.8 Å². The number of aromatic nitrogens is 10. The number of benzene rings is 1. The number of nitriles is 4. The van der Waals surface area contributed by atoms with Gasteiger partial charge >= 0.3 is 11.9 Å². The van der Waals surface area contributed by atoms with Gasteiger partial charge in [-0.05, 0) is 63.0 Å². The van der Waals surface area contributed by atoms with Crippen LogP contribution in [0.3, 0.4) is 0 Å². The number of methoxy groups -OCH3 is 4. The lowest BCUT2D eigenvalue weighted by Gasteiger charge is -2.34. The highest BCUT2D eigenvalue weighted by molar-refractivity contribution is 9.11. The Labute approximate surface area is 541 Å². The van der Waals surface area contributed by atoms with Crippen LogP contribution < -0.4 is 18.9 Å². The number of nitrogens with zero attached hydrogens (tertiary/aromatic N) is 11. The van der Waals surface area contributed by atoms with Gasteiger partial charge in [0.15, 0.2) is 22.8 Å². The number of halogens is 2. The molecule has 1 aliphatic rings. The van der Waals surface area contributed by atoms with Gasteiger partial charge in [-0.2, -0.15) is 21.0 Å². The molecule has 0 saturated carbocycles. The quantitative estimate of drug-likeness (QED) is 0.0291. The van der Waals surface area contributed by atoms with Crippen molar-refractivity contribution in [3.8, 4) is 47.3 Å². The number of aliphatic carboxylic acids is 1. The number of carboxylic acid groups (broad SMARTS) is 1. The van der Waals surface area contributed by atoms with E-state index >= 15 is 0 Å². The van der Waals surface area contributed by atoms with E-state index in [1.165, 1.54) is 63.4 Å². The number of esters is 1. The van der Waals surface area contributed by atoms with Gasteiger partial charge in [-0.3, -0.25) is 24.0 Å². The third-order valence-corrected chi connectivity index (χ3v) is 15.1. The molecule has 11 aromatic rings. The third kappa shape index (κ3) is 14.1. The van der Waals surface area contributed by atoms with Gasteiger partial charge in [-0.25, -0.2) is 34.5 Å². The predicted molar refractivity (Wildman–Crippen MR) is 337 cm³/mol. The van der Waals surface area contributed by atoms with E-state index in [0.29, 0.717) is 63.4 Å². The first-order valence-corrected chi connectivity index (χ1v) is 28.7. The fraction of sp³-hybridized carbons (Fsp3) is 0.161. The minimum atomic E-state index is -1.58. The maximum absolute atomic E-state index is 13.0. The first-order valence-electron chi connectivity index (χ1n) is 27.1. The number of carbonyl (C=O) groups excluding carboxylic acids is 6. The van der Waals surface area contributed by atoms with Crippen LogP contribution in [0.25, 0.3) is 54.5 Å². The summed E-state index contributed by atoms with van der Waals surface area (Å²) in [6.07, 6.45) is 14.9. The van der Waals surface area contributed by atoms with Crippen molar-refractivity contribution in [3.63, 3.8) is 0 Å². The Kier molecular flexibility index (Phi) is 21.7. The zero-order valence-corrected chi connectivity index (χ0v) is 52.5. The van der Waals surface area contributed by atoms with Gasteiger partial charge in [0.25, 0.3) is 29.2 Å². The van der Waals surface area contributed by atoms with Crippen LogP contribution in [0, 0.1) is 45.3 Å². The highest BCUT2D eigenvalue weighted by atomic mass is 79.9. The number of ether oxygens (including phenoxy) is 5. The Morgan fingerprint density at radius 3 is 1.38 bits per heavy atom. The number of pyridine rings is 5. The molecule has 12 rings (SSSR count). The molecule has 0 radical (unpaired) electrons. The number of fused-ring (bicyclic) bond motifs is 5. The number of nitrogens with one attached hydrogen (secondary N) is 5. The number of aromatic amines is 5. The Hall–Kier alpha value is -12.3. The van der Waals surface area contributed by atoms with Gasteiger partial charge in [-0.1, -0.05) is 18.2 Å². The summed E-state index contributed by atoms with van der Waals surface area (Å²) in [5.41, 5.74) is 4.19. The normalized spacial score (nSPS) is 11.3. The van der Waals surface area contributed by atoms with Crippen LogP contribution in [0.1, 0.15) is 71.1 Å². The Morgan fingerprint density at radius 1 is 0.516 bits per heavy atom. The van der Waals surface area contributed by atoms with Crippen LogP contribution in [-0.4, -0.2) is 167 Å². The van der Waals surface area contributed by atoms with E-state index in [-0.39, 0.29) is 76.0 Å². The first-order chi connectivity index (χ1) is 44.9. The first kappa shape index (κ1) is 66.6. The molecule has 31 heteroatoms. The fourth-order valence-corrected chi connectivity index (χ4v) is 10.3. The lowest BCUT2D eigenvalue weighted by molar-refractivity contribution is -0.137. The Balaban J connectivity index is 0.000000157. The molecule has 0 atom stereocenters. The molecule has 11 heterocycles. The molecule has 93 heavy (non-hydrogen) atoms. The number of amides is 2. The molecular weight excluding hydrogens is 1340 g/mol. The maximum atomic E-state index is 13.0. The summed E-state index contributed by atoms with van der Waals surface area (Å²) in [7, 11) is 5.78. The summed E-state index contributed by atoms with van der Waals surface area (Å²) >= 11 is 6.75. The molecular formula is C62H48Br2N16O13. The molecule has 0 aliphatic carbocycles. The second-order valence-electron chi connectivity index (χ2n) is 18.9. The minimum absolute atomic E-state index is 0.0618. The van der Waals surface area contributed by atoms with Crippen LogP contribution >= 0.6 is 31.9 Å². The second kappa shape index (κ2) is 30.3. The van der Waals surface area contributed by atoms with Gasteiger partial charge in [0.05, 0.1) is 125 Å². The van der Waals surface area contributed by atoms with Crippen molar-refractivity contribution >= 4 is 127 Å². The second-order valence-corrected chi connectivity index (χ2v) is 20.5. The molecule has 0 bridgehead atoms. The van der Waals surface area contributed by atoms with Crippen molar-refractivity contribution in [2.24, 2.45) is 0 Å². The molecule has 1 fully saturated rings. The van der Waals surface area contributed by atoms with Crippen molar-refractivity contribution in [1.29, 1.82) is 21.0 Å². The van der Waals surface area contributed by atoms with E-state index in [9.17, 15) is 38.8 Å². The molecule has 0 spiro atoms. The van der Waals surface area contributed by atoms with E-state index in [0.717, 1.165) is 30.9 Å². The van der Waals surface area contributed by atoms with E-state index in [2.05, 4.69) is 86.4 Å². The number of hydrogen-bond acceptors (Lipinski definition) is 21. The van der Waals surface area contributed by atoms with Crippen LogP contribution in [0.2, 0.25) is 0 Å². The number of ketones is 3. The molecule has 1 saturated heterocycles. The van der Waals surface area contributed by atoms with E-state index < -0.39 is 35.2 Å². The summed E-state index contributed by atoms with van der Waals surface area (Å²) in [4.78, 5) is 121.